The molecular formula is C22H18FN3OS. The van der Waals surface area contributed by atoms with Crippen LogP contribution in [0.2, 0.25) is 0 Å². The van der Waals surface area contributed by atoms with Crippen molar-refractivity contribution in [3.8, 4) is 11.3 Å². The Bertz CT molecular complexity index is 1180. The second-order valence-electron chi connectivity index (χ2n) is 6.91. The normalized spacial score (nSPS) is 13.2. The topological polar surface area (TPSA) is 37.6 Å². The summed E-state index contributed by atoms with van der Waals surface area (Å²) in [4.78, 5) is 20.0. The van der Waals surface area contributed by atoms with E-state index in [0.717, 1.165) is 29.3 Å². The van der Waals surface area contributed by atoms with Crippen LogP contribution in [0.25, 0.3) is 16.2 Å². The number of carbonyl (C=O) groups excluding carboxylic acids is 1. The molecule has 1 aliphatic rings. The van der Waals surface area contributed by atoms with Gasteiger partial charge in [0.1, 0.15) is 5.82 Å². The quantitative estimate of drug-likeness (QED) is 0.505. The number of aryl methyl sites for hydroxylation is 1. The Morgan fingerprint density at radius 3 is 2.86 bits per heavy atom. The molecule has 2 aromatic carbocycles. The maximum absolute atomic E-state index is 14.1. The Labute approximate surface area is 165 Å². The molecule has 3 heterocycles. The second kappa shape index (κ2) is 6.87. The number of nitrogens with zero attached hydrogens (tertiary/aromatic N) is 3. The number of fused-ring (bicyclic) bond motifs is 2. The van der Waals surface area contributed by atoms with E-state index >= 15 is 0 Å². The molecule has 0 N–H and O–H groups in total. The van der Waals surface area contributed by atoms with E-state index in [4.69, 9.17) is 0 Å². The summed E-state index contributed by atoms with van der Waals surface area (Å²) >= 11 is 1.51. The summed E-state index contributed by atoms with van der Waals surface area (Å²) in [6.45, 7) is 0.750. The molecular weight excluding hydrogens is 373 g/mol. The highest BCUT2D eigenvalue weighted by Gasteiger charge is 2.24. The first kappa shape index (κ1) is 17.1. The van der Waals surface area contributed by atoms with Crippen LogP contribution in [0.15, 0.2) is 60.1 Å². The van der Waals surface area contributed by atoms with E-state index in [0.29, 0.717) is 24.1 Å². The first-order valence-corrected chi connectivity index (χ1v) is 10.2. The maximum Gasteiger partial charge on any atom is 0.227 e. The zero-order chi connectivity index (χ0) is 19.1. The molecule has 1 aliphatic heterocycles. The Balaban J connectivity index is 1.35. The van der Waals surface area contributed by atoms with Crippen molar-refractivity contribution in [3.63, 3.8) is 0 Å². The molecule has 0 spiro atoms. The minimum absolute atomic E-state index is 0.138. The third kappa shape index (κ3) is 2.90. The van der Waals surface area contributed by atoms with Crippen LogP contribution in [0.5, 0.6) is 0 Å². The van der Waals surface area contributed by atoms with Gasteiger partial charge in [-0.25, -0.2) is 9.37 Å². The molecule has 28 heavy (non-hydrogen) atoms. The number of hydrogen-bond acceptors (Lipinski definition) is 3. The Hall–Kier alpha value is -2.99. The first-order chi connectivity index (χ1) is 13.7. The predicted molar refractivity (Wildman–Crippen MR) is 109 cm³/mol. The van der Waals surface area contributed by atoms with E-state index in [2.05, 4.69) is 11.1 Å². The SMILES string of the molecule is O=C(CCc1csc2nc(-c3ccccc3F)cn12)N1CCc2ccccc21. The monoisotopic (exact) mass is 391 g/mol. The van der Waals surface area contributed by atoms with Gasteiger partial charge >= 0.3 is 0 Å². The van der Waals surface area contributed by atoms with Crippen molar-refractivity contribution in [2.45, 2.75) is 19.3 Å². The van der Waals surface area contributed by atoms with Gasteiger partial charge in [0.05, 0.1) is 5.69 Å². The van der Waals surface area contributed by atoms with Crippen LogP contribution in [0.4, 0.5) is 10.1 Å². The van der Waals surface area contributed by atoms with Crippen LogP contribution in [-0.4, -0.2) is 21.8 Å². The lowest BCUT2D eigenvalue weighted by Crippen LogP contribution is -2.29. The number of carbonyl (C=O) groups is 1. The molecule has 0 unspecified atom stereocenters. The minimum atomic E-state index is -0.280. The summed E-state index contributed by atoms with van der Waals surface area (Å²) in [5.74, 6) is -0.142. The van der Waals surface area contributed by atoms with Gasteiger partial charge in [0, 0.05) is 41.5 Å². The fourth-order valence-corrected chi connectivity index (χ4v) is 4.68. The van der Waals surface area contributed by atoms with E-state index in [9.17, 15) is 9.18 Å². The Morgan fingerprint density at radius 1 is 1.14 bits per heavy atom. The third-order valence-electron chi connectivity index (χ3n) is 5.22. The van der Waals surface area contributed by atoms with Crippen LogP contribution in [0, 0.1) is 5.82 Å². The summed E-state index contributed by atoms with van der Waals surface area (Å²) in [6, 6.07) is 14.7. The van der Waals surface area contributed by atoms with E-state index < -0.39 is 0 Å². The van der Waals surface area contributed by atoms with Crippen molar-refractivity contribution < 1.29 is 9.18 Å². The molecule has 0 aliphatic carbocycles. The highest BCUT2D eigenvalue weighted by atomic mass is 32.1. The largest absolute Gasteiger partial charge is 0.312 e. The number of hydrogen-bond donors (Lipinski definition) is 0. The number of amides is 1. The molecule has 1 amide bonds. The molecule has 4 aromatic rings. The van der Waals surface area contributed by atoms with Crippen LogP contribution in [0.1, 0.15) is 17.7 Å². The van der Waals surface area contributed by atoms with Gasteiger partial charge in [0.2, 0.25) is 5.91 Å². The average molecular weight is 391 g/mol. The number of benzene rings is 2. The van der Waals surface area contributed by atoms with E-state index in [1.807, 2.05) is 39.1 Å². The van der Waals surface area contributed by atoms with Gasteiger partial charge in [-0.15, -0.1) is 11.3 Å². The van der Waals surface area contributed by atoms with Crippen molar-refractivity contribution >= 4 is 27.9 Å². The van der Waals surface area contributed by atoms with Gasteiger partial charge < -0.3 is 4.90 Å². The average Bonchev–Trinajstić information content (AvgIpc) is 3.41. The number of para-hydroxylation sites is 1. The highest BCUT2D eigenvalue weighted by Crippen LogP contribution is 2.29. The van der Waals surface area contributed by atoms with Crippen molar-refractivity contribution in [1.29, 1.82) is 0 Å². The number of anilines is 1. The summed E-state index contributed by atoms with van der Waals surface area (Å²) < 4.78 is 16.0. The van der Waals surface area contributed by atoms with Gasteiger partial charge in [0.25, 0.3) is 0 Å². The fourth-order valence-electron chi connectivity index (χ4n) is 3.78. The van der Waals surface area contributed by atoms with Crippen molar-refractivity contribution in [3.05, 3.63) is 77.2 Å². The van der Waals surface area contributed by atoms with Crippen molar-refractivity contribution in [2.24, 2.45) is 0 Å². The van der Waals surface area contributed by atoms with Crippen molar-refractivity contribution in [2.75, 3.05) is 11.4 Å². The second-order valence-corrected chi connectivity index (χ2v) is 7.75. The zero-order valence-corrected chi connectivity index (χ0v) is 16.0. The lowest BCUT2D eigenvalue weighted by Gasteiger charge is -2.17. The molecule has 0 atom stereocenters. The number of halogens is 1. The van der Waals surface area contributed by atoms with E-state index in [-0.39, 0.29) is 11.7 Å². The van der Waals surface area contributed by atoms with Gasteiger partial charge in [0.15, 0.2) is 4.96 Å². The Morgan fingerprint density at radius 2 is 1.96 bits per heavy atom. The van der Waals surface area contributed by atoms with Crippen LogP contribution < -0.4 is 4.90 Å². The molecule has 5 rings (SSSR count). The summed E-state index contributed by atoms with van der Waals surface area (Å²) in [6.07, 6.45) is 3.84. The molecule has 0 saturated heterocycles. The molecule has 0 fully saturated rings. The molecule has 6 heteroatoms. The third-order valence-corrected chi connectivity index (χ3v) is 6.11. The predicted octanol–water partition coefficient (Wildman–Crippen LogP) is 4.72. The molecule has 2 aromatic heterocycles. The van der Waals surface area contributed by atoms with Crippen LogP contribution in [-0.2, 0) is 17.6 Å². The van der Waals surface area contributed by atoms with Crippen molar-refractivity contribution in [1.82, 2.24) is 9.38 Å². The summed E-state index contributed by atoms with van der Waals surface area (Å²) in [5, 5.41) is 2.03. The van der Waals surface area contributed by atoms with Gasteiger partial charge in [-0.3, -0.25) is 9.20 Å². The number of thiazole rings is 1. The van der Waals surface area contributed by atoms with Gasteiger partial charge in [-0.2, -0.15) is 0 Å². The number of rotatable bonds is 4. The van der Waals surface area contributed by atoms with Crippen LogP contribution in [0.3, 0.4) is 0 Å². The first-order valence-electron chi connectivity index (χ1n) is 9.29. The zero-order valence-electron chi connectivity index (χ0n) is 15.1. The highest BCUT2D eigenvalue weighted by molar-refractivity contribution is 7.15. The van der Waals surface area contributed by atoms with E-state index in [1.54, 1.807) is 18.2 Å². The summed E-state index contributed by atoms with van der Waals surface area (Å²) in [7, 11) is 0. The molecule has 0 saturated carbocycles. The standard InChI is InChI=1S/C22H18FN3OS/c23-18-7-3-2-6-17(18)19-13-26-16(14-28-22(26)24-19)9-10-21(27)25-12-11-15-5-1-4-8-20(15)25/h1-8,13-14H,9-12H2. The minimum Gasteiger partial charge on any atom is -0.312 e. The lowest BCUT2D eigenvalue weighted by molar-refractivity contribution is -0.118. The summed E-state index contributed by atoms with van der Waals surface area (Å²) in [5.41, 5.74) is 4.40. The Kier molecular flexibility index (Phi) is 4.20. The fraction of sp³-hybridized carbons (Fsp3) is 0.182. The van der Waals surface area contributed by atoms with Gasteiger partial charge in [-0.1, -0.05) is 30.3 Å². The van der Waals surface area contributed by atoms with Crippen LogP contribution >= 0.6 is 11.3 Å². The lowest BCUT2D eigenvalue weighted by atomic mass is 10.1. The molecule has 4 nitrogen and oxygen atoms in total. The molecule has 0 radical (unpaired) electrons. The number of imidazole rings is 1. The number of aromatic nitrogens is 2. The molecule has 0 bridgehead atoms. The maximum atomic E-state index is 14.1. The van der Waals surface area contributed by atoms with E-state index in [1.165, 1.54) is 23.0 Å². The smallest absolute Gasteiger partial charge is 0.227 e. The van der Waals surface area contributed by atoms with Gasteiger partial charge in [-0.05, 0) is 36.6 Å². The molecule has 140 valence electrons.